The summed E-state index contributed by atoms with van der Waals surface area (Å²) in [5.41, 5.74) is 1.57. The van der Waals surface area contributed by atoms with Gasteiger partial charge in [-0.2, -0.15) is 11.3 Å². The van der Waals surface area contributed by atoms with E-state index in [1.165, 1.54) is 0 Å². The van der Waals surface area contributed by atoms with Crippen molar-refractivity contribution in [1.29, 1.82) is 0 Å². The second kappa shape index (κ2) is 6.00. The van der Waals surface area contributed by atoms with E-state index in [0.717, 1.165) is 5.56 Å². The monoisotopic (exact) mass is 291 g/mol. The summed E-state index contributed by atoms with van der Waals surface area (Å²) in [6.07, 6.45) is 1.55. The van der Waals surface area contributed by atoms with Gasteiger partial charge in [-0.15, -0.1) is 0 Å². The molecule has 2 aromatic rings. The molecule has 1 atom stereocenters. The molecule has 0 aliphatic rings. The highest BCUT2D eigenvalue weighted by Crippen LogP contribution is 2.23. The Balaban J connectivity index is 2.29. The standard InChI is InChI=1S/C14H17N3O2S/c1-8(2)13-15-6-11(12(17-13)14(18)19)16-9(3)10-4-5-20-7-10/h4-9,16H,1-3H3,(H,18,19). The lowest BCUT2D eigenvalue weighted by Gasteiger charge is -2.16. The van der Waals surface area contributed by atoms with Gasteiger partial charge in [0.2, 0.25) is 0 Å². The summed E-state index contributed by atoms with van der Waals surface area (Å²) < 4.78 is 0. The Morgan fingerprint density at radius 2 is 2.15 bits per heavy atom. The van der Waals surface area contributed by atoms with Crippen molar-refractivity contribution in [3.63, 3.8) is 0 Å². The summed E-state index contributed by atoms with van der Waals surface area (Å²) in [5, 5.41) is 16.5. The number of thiophene rings is 1. The molecule has 0 aliphatic carbocycles. The minimum Gasteiger partial charge on any atom is -0.476 e. The third-order valence-corrected chi connectivity index (χ3v) is 3.64. The number of anilines is 1. The van der Waals surface area contributed by atoms with Crippen LogP contribution in [-0.2, 0) is 0 Å². The predicted octanol–water partition coefficient (Wildman–Crippen LogP) is 3.53. The van der Waals surface area contributed by atoms with Gasteiger partial charge in [-0.25, -0.2) is 14.8 Å². The van der Waals surface area contributed by atoms with E-state index < -0.39 is 5.97 Å². The van der Waals surface area contributed by atoms with Crippen LogP contribution in [0.3, 0.4) is 0 Å². The van der Waals surface area contributed by atoms with E-state index in [1.807, 2.05) is 37.6 Å². The normalized spacial score (nSPS) is 12.4. The van der Waals surface area contributed by atoms with Crippen molar-refractivity contribution in [1.82, 2.24) is 9.97 Å². The molecule has 2 N–H and O–H groups in total. The van der Waals surface area contributed by atoms with E-state index >= 15 is 0 Å². The zero-order chi connectivity index (χ0) is 14.7. The lowest BCUT2D eigenvalue weighted by molar-refractivity contribution is 0.0691. The zero-order valence-electron chi connectivity index (χ0n) is 11.6. The molecule has 0 aliphatic heterocycles. The molecule has 0 bridgehead atoms. The van der Waals surface area contributed by atoms with Crippen LogP contribution in [-0.4, -0.2) is 21.0 Å². The van der Waals surface area contributed by atoms with Gasteiger partial charge < -0.3 is 10.4 Å². The average Bonchev–Trinajstić information content (AvgIpc) is 2.92. The highest BCUT2D eigenvalue weighted by atomic mass is 32.1. The van der Waals surface area contributed by atoms with Crippen LogP contribution in [0.5, 0.6) is 0 Å². The molecule has 1 unspecified atom stereocenters. The first-order valence-electron chi connectivity index (χ1n) is 6.38. The Hall–Kier alpha value is -1.95. The molecule has 106 valence electrons. The molecule has 0 spiro atoms. The summed E-state index contributed by atoms with van der Waals surface area (Å²) in [5.74, 6) is -0.415. The van der Waals surface area contributed by atoms with E-state index in [4.69, 9.17) is 0 Å². The first-order valence-corrected chi connectivity index (χ1v) is 7.32. The molecule has 20 heavy (non-hydrogen) atoms. The van der Waals surface area contributed by atoms with Crippen molar-refractivity contribution in [3.8, 4) is 0 Å². The van der Waals surface area contributed by atoms with Gasteiger partial charge in [-0.05, 0) is 29.3 Å². The topological polar surface area (TPSA) is 75.1 Å². The predicted molar refractivity (Wildman–Crippen MR) is 79.4 cm³/mol. The maximum absolute atomic E-state index is 11.3. The Labute approximate surface area is 121 Å². The van der Waals surface area contributed by atoms with Gasteiger partial charge in [0.25, 0.3) is 0 Å². The molecule has 0 radical (unpaired) electrons. The molecule has 0 saturated heterocycles. The fraction of sp³-hybridized carbons (Fsp3) is 0.357. The summed E-state index contributed by atoms with van der Waals surface area (Å²) in [6, 6.07) is 2.01. The van der Waals surface area contributed by atoms with Crippen molar-refractivity contribution in [2.24, 2.45) is 0 Å². The van der Waals surface area contributed by atoms with E-state index in [1.54, 1.807) is 17.5 Å². The first-order chi connectivity index (χ1) is 9.49. The molecule has 2 aromatic heterocycles. The second-order valence-corrected chi connectivity index (χ2v) is 5.65. The van der Waals surface area contributed by atoms with Crippen molar-refractivity contribution >= 4 is 23.0 Å². The Morgan fingerprint density at radius 3 is 2.70 bits per heavy atom. The average molecular weight is 291 g/mol. The van der Waals surface area contributed by atoms with Crippen LogP contribution in [0.15, 0.2) is 23.0 Å². The molecule has 2 rings (SSSR count). The van der Waals surface area contributed by atoms with Gasteiger partial charge in [0.05, 0.1) is 11.9 Å². The smallest absolute Gasteiger partial charge is 0.356 e. The van der Waals surface area contributed by atoms with Crippen molar-refractivity contribution in [2.45, 2.75) is 32.7 Å². The quantitative estimate of drug-likeness (QED) is 0.881. The maximum Gasteiger partial charge on any atom is 0.356 e. The molecular formula is C14H17N3O2S. The first kappa shape index (κ1) is 14.5. The number of nitrogens with one attached hydrogen (secondary N) is 1. The van der Waals surface area contributed by atoms with Gasteiger partial charge in [0.15, 0.2) is 5.69 Å². The number of carboxylic acid groups (broad SMARTS) is 1. The summed E-state index contributed by atoms with van der Waals surface area (Å²) in [4.78, 5) is 19.7. The van der Waals surface area contributed by atoms with Gasteiger partial charge in [0, 0.05) is 12.0 Å². The number of rotatable bonds is 5. The number of hydrogen-bond acceptors (Lipinski definition) is 5. The Morgan fingerprint density at radius 1 is 1.40 bits per heavy atom. The van der Waals surface area contributed by atoms with Crippen LogP contribution in [0.2, 0.25) is 0 Å². The van der Waals surface area contributed by atoms with Crippen molar-refractivity contribution < 1.29 is 9.90 Å². The molecule has 5 nitrogen and oxygen atoms in total. The fourth-order valence-electron chi connectivity index (χ4n) is 1.78. The van der Waals surface area contributed by atoms with E-state index in [2.05, 4.69) is 15.3 Å². The van der Waals surface area contributed by atoms with Crippen LogP contribution in [0.4, 0.5) is 5.69 Å². The lowest BCUT2D eigenvalue weighted by Crippen LogP contribution is -2.14. The van der Waals surface area contributed by atoms with Gasteiger partial charge in [-0.3, -0.25) is 0 Å². The number of hydrogen-bond donors (Lipinski definition) is 2. The van der Waals surface area contributed by atoms with Crippen LogP contribution in [0.1, 0.15) is 54.6 Å². The number of nitrogens with zero attached hydrogens (tertiary/aromatic N) is 2. The number of carbonyl (C=O) groups is 1. The van der Waals surface area contributed by atoms with E-state index in [9.17, 15) is 9.90 Å². The van der Waals surface area contributed by atoms with Gasteiger partial charge in [-0.1, -0.05) is 13.8 Å². The summed E-state index contributed by atoms with van der Waals surface area (Å²) >= 11 is 1.61. The van der Waals surface area contributed by atoms with Gasteiger partial charge >= 0.3 is 5.97 Å². The van der Waals surface area contributed by atoms with E-state index in [-0.39, 0.29) is 17.7 Å². The van der Waals surface area contributed by atoms with E-state index in [0.29, 0.717) is 11.5 Å². The minimum absolute atomic E-state index is 0.00727. The molecule has 0 aromatic carbocycles. The molecule has 0 fully saturated rings. The molecule has 0 saturated carbocycles. The maximum atomic E-state index is 11.3. The number of carboxylic acids is 1. The third kappa shape index (κ3) is 3.14. The van der Waals surface area contributed by atoms with Crippen molar-refractivity contribution in [2.75, 3.05) is 5.32 Å². The molecular weight excluding hydrogens is 274 g/mol. The number of aromatic carboxylic acids is 1. The molecule has 2 heterocycles. The van der Waals surface area contributed by atoms with Crippen molar-refractivity contribution in [3.05, 3.63) is 40.1 Å². The lowest BCUT2D eigenvalue weighted by atomic mass is 10.1. The Bertz CT molecular complexity index is 596. The largest absolute Gasteiger partial charge is 0.476 e. The minimum atomic E-state index is -1.05. The SMILES string of the molecule is CC(C)c1ncc(NC(C)c2ccsc2)c(C(=O)O)n1. The Kier molecular flexibility index (Phi) is 4.34. The fourth-order valence-corrected chi connectivity index (χ4v) is 2.53. The second-order valence-electron chi connectivity index (χ2n) is 4.87. The zero-order valence-corrected chi connectivity index (χ0v) is 12.4. The number of aromatic nitrogens is 2. The third-order valence-electron chi connectivity index (χ3n) is 2.94. The summed E-state index contributed by atoms with van der Waals surface area (Å²) in [6.45, 7) is 5.84. The molecule has 0 amide bonds. The van der Waals surface area contributed by atoms with Crippen LogP contribution in [0.25, 0.3) is 0 Å². The summed E-state index contributed by atoms with van der Waals surface area (Å²) in [7, 11) is 0. The van der Waals surface area contributed by atoms with Crippen LogP contribution >= 0.6 is 11.3 Å². The highest BCUT2D eigenvalue weighted by Gasteiger charge is 2.17. The van der Waals surface area contributed by atoms with Gasteiger partial charge in [0.1, 0.15) is 5.82 Å². The highest BCUT2D eigenvalue weighted by molar-refractivity contribution is 7.07. The van der Waals surface area contributed by atoms with Crippen LogP contribution in [0, 0.1) is 0 Å². The molecule has 6 heteroatoms. The van der Waals surface area contributed by atoms with Crippen LogP contribution < -0.4 is 5.32 Å².